The highest BCUT2D eigenvalue weighted by Gasteiger charge is 2.14. The van der Waals surface area contributed by atoms with E-state index in [9.17, 15) is 0 Å². The lowest BCUT2D eigenvalue weighted by atomic mass is 10.1. The van der Waals surface area contributed by atoms with Crippen molar-refractivity contribution in [2.24, 2.45) is 0 Å². The van der Waals surface area contributed by atoms with E-state index in [2.05, 4.69) is 11.2 Å². The Labute approximate surface area is 84.3 Å². The highest BCUT2D eigenvalue weighted by molar-refractivity contribution is 5.21. The average Bonchev–Trinajstić information content (AvgIpc) is 2.53. The quantitative estimate of drug-likeness (QED) is 0.637. The van der Waals surface area contributed by atoms with E-state index in [-0.39, 0.29) is 0 Å². The summed E-state index contributed by atoms with van der Waals surface area (Å²) in [5, 5.41) is 12.9. The Morgan fingerprint density at radius 3 is 2.57 bits per heavy atom. The molecule has 0 atom stereocenters. The molecule has 1 saturated carbocycles. The topological polar surface area (TPSA) is 41.6 Å². The predicted molar refractivity (Wildman–Crippen MR) is 53.7 cm³/mol. The van der Waals surface area contributed by atoms with Gasteiger partial charge in [-0.15, -0.1) is 0 Å². The van der Waals surface area contributed by atoms with Gasteiger partial charge in [-0.1, -0.05) is 25.7 Å². The van der Waals surface area contributed by atoms with Crippen molar-refractivity contribution in [3.63, 3.8) is 0 Å². The fourth-order valence-electron chi connectivity index (χ4n) is 2.12. The first-order chi connectivity index (χ1) is 6.90. The van der Waals surface area contributed by atoms with Gasteiger partial charge in [-0.2, -0.15) is 10.4 Å². The molecule has 3 nitrogen and oxygen atoms in total. The molecule has 14 heavy (non-hydrogen) atoms. The van der Waals surface area contributed by atoms with Gasteiger partial charge in [0.05, 0.1) is 17.8 Å². The molecule has 0 bridgehead atoms. The highest BCUT2D eigenvalue weighted by atomic mass is 15.3. The molecule has 0 spiro atoms. The van der Waals surface area contributed by atoms with Crippen LogP contribution in [0.4, 0.5) is 0 Å². The maximum atomic E-state index is 8.70. The molecule has 3 heteroatoms. The minimum absolute atomic E-state index is 0.527. The summed E-state index contributed by atoms with van der Waals surface area (Å²) in [4.78, 5) is 0. The SMILES string of the molecule is N#Cc1cnn(C2CCCCCC2)c1. The standard InChI is InChI=1S/C11H15N3/c12-7-10-8-13-14(9-10)11-5-3-1-2-4-6-11/h8-9,11H,1-6H2. The predicted octanol–water partition coefficient (Wildman–Crippen LogP) is 2.65. The van der Waals surface area contributed by atoms with E-state index in [1.165, 1.54) is 38.5 Å². The molecule has 0 saturated heterocycles. The monoisotopic (exact) mass is 189 g/mol. The van der Waals surface area contributed by atoms with Gasteiger partial charge in [0.15, 0.2) is 0 Å². The van der Waals surface area contributed by atoms with Gasteiger partial charge in [0.2, 0.25) is 0 Å². The maximum absolute atomic E-state index is 8.70. The first-order valence-corrected chi connectivity index (χ1v) is 5.34. The fourth-order valence-corrected chi connectivity index (χ4v) is 2.12. The second-order valence-corrected chi connectivity index (χ2v) is 3.97. The third-order valence-corrected chi connectivity index (χ3v) is 2.93. The van der Waals surface area contributed by atoms with E-state index in [0.717, 1.165) is 0 Å². The van der Waals surface area contributed by atoms with Crippen molar-refractivity contribution >= 4 is 0 Å². The van der Waals surface area contributed by atoms with E-state index in [4.69, 9.17) is 5.26 Å². The molecule has 1 aliphatic carbocycles. The van der Waals surface area contributed by atoms with Crippen LogP contribution in [-0.2, 0) is 0 Å². The Hall–Kier alpha value is -1.30. The minimum Gasteiger partial charge on any atom is -0.268 e. The second-order valence-electron chi connectivity index (χ2n) is 3.97. The lowest BCUT2D eigenvalue weighted by Crippen LogP contribution is -2.08. The summed E-state index contributed by atoms with van der Waals surface area (Å²) in [5.41, 5.74) is 0.675. The van der Waals surface area contributed by atoms with E-state index in [0.29, 0.717) is 11.6 Å². The summed E-state index contributed by atoms with van der Waals surface area (Å²) in [6.07, 6.45) is 11.3. The zero-order valence-electron chi connectivity index (χ0n) is 8.32. The Morgan fingerprint density at radius 2 is 2.00 bits per heavy atom. The van der Waals surface area contributed by atoms with Crippen LogP contribution in [0.3, 0.4) is 0 Å². The van der Waals surface area contributed by atoms with E-state index in [1.807, 2.05) is 10.9 Å². The summed E-state index contributed by atoms with van der Waals surface area (Å²) in [7, 11) is 0. The fraction of sp³-hybridized carbons (Fsp3) is 0.636. The average molecular weight is 189 g/mol. The van der Waals surface area contributed by atoms with Crippen LogP contribution in [0.15, 0.2) is 12.4 Å². The third kappa shape index (κ3) is 1.95. The number of aromatic nitrogens is 2. The summed E-state index contributed by atoms with van der Waals surface area (Å²) >= 11 is 0. The van der Waals surface area contributed by atoms with E-state index in [1.54, 1.807) is 6.20 Å². The Morgan fingerprint density at radius 1 is 1.29 bits per heavy atom. The number of nitriles is 1. The van der Waals surface area contributed by atoms with Gasteiger partial charge < -0.3 is 0 Å². The molecule has 0 aliphatic heterocycles. The molecule has 2 rings (SSSR count). The van der Waals surface area contributed by atoms with Crippen LogP contribution >= 0.6 is 0 Å². The number of nitrogens with zero attached hydrogens (tertiary/aromatic N) is 3. The van der Waals surface area contributed by atoms with Crippen LogP contribution in [0.5, 0.6) is 0 Å². The van der Waals surface area contributed by atoms with Crippen molar-refractivity contribution in [2.45, 2.75) is 44.6 Å². The van der Waals surface area contributed by atoms with Gasteiger partial charge in [-0.3, -0.25) is 4.68 Å². The summed E-state index contributed by atoms with van der Waals surface area (Å²) < 4.78 is 1.98. The smallest absolute Gasteiger partial charge is 0.102 e. The van der Waals surface area contributed by atoms with Gasteiger partial charge in [0, 0.05) is 6.20 Å². The number of hydrogen-bond acceptors (Lipinski definition) is 2. The van der Waals surface area contributed by atoms with Gasteiger partial charge in [0.1, 0.15) is 6.07 Å². The van der Waals surface area contributed by atoms with Crippen molar-refractivity contribution in [2.75, 3.05) is 0 Å². The normalized spacial score (nSPS) is 18.8. The second kappa shape index (κ2) is 4.28. The van der Waals surface area contributed by atoms with Gasteiger partial charge in [0.25, 0.3) is 0 Å². The molecule has 1 heterocycles. The summed E-state index contributed by atoms with van der Waals surface area (Å²) in [5.74, 6) is 0. The molecule has 1 aromatic rings. The van der Waals surface area contributed by atoms with E-state index >= 15 is 0 Å². The van der Waals surface area contributed by atoms with Crippen molar-refractivity contribution in [3.05, 3.63) is 18.0 Å². The van der Waals surface area contributed by atoms with Crippen molar-refractivity contribution in [3.8, 4) is 6.07 Å². The van der Waals surface area contributed by atoms with Gasteiger partial charge >= 0.3 is 0 Å². The molecule has 0 radical (unpaired) electrons. The van der Waals surface area contributed by atoms with E-state index < -0.39 is 0 Å². The lowest BCUT2D eigenvalue weighted by molar-refractivity contribution is 0.405. The van der Waals surface area contributed by atoms with Crippen molar-refractivity contribution in [1.82, 2.24) is 9.78 Å². The van der Waals surface area contributed by atoms with Crippen LogP contribution in [0.25, 0.3) is 0 Å². The van der Waals surface area contributed by atoms with Crippen LogP contribution in [0.1, 0.15) is 50.1 Å². The van der Waals surface area contributed by atoms with Crippen molar-refractivity contribution in [1.29, 1.82) is 5.26 Å². The number of hydrogen-bond donors (Lipinski definition) is 0. The van der Waals surface area contributed by atoms with Gasteiger partial charge in [-0.25, -0.2) is 0 Å². The van der Waals surface area contributed by atoms with Gasteiger partial charge in [-0.05, 0) is 12.8 Å². The highest BCUT2D eigenvalue weighted by Crippen LogP contribution is 2.26. The van der Waals surface area contributed by atoms with Crippen LogP contribution in [0, 0.1) is 11.3 Å². The largest absolute Gasteiger partial charge is 0.268 e. The Bertz CT molecular complexity index is 327. The number of rotatable bonds is 1. The molecule has 0 aromatic carbocycles. The molecule has 0 amide bonds. The molecular formula is C11H15N3. The minimum atomic E-state index is 0.527. The van der Waals surface area contributed by atoms with Crippen LogP contribution < -0.4 is 0 Å². The zero-order chi connectivity index (χ0) is 9.80. The third-order valence-electron chi connectivity index (χ3n) is 2.93. The first kappa shape index (κ1) is 9.26. The summed E-state index contributed by atoms with van der Waals surface area (Å²) in [6.45, 7) is 0. The maximum Gasteiger partial charge on any atom is 0.102 e. The molecule has 74 valence electrons. The van der Waals surface area contributed by atoms with Crippen molar-refractivity contribution < 1.29 is 0 Å². The molecule has 1 aliphatic rings. The molecule has 0 N–H and O–H groups in total. The Balaban J connectivity index is 2.09. The molecule has 0 unspecified atom stereocenters. The Kier molecular flexibility index (Phi) is 2.83. The lowest BCUT2D eigenvalue weighted by Gasteiger charge is -2.13. The molecular weight excluding hydrogens is 174 g/mol. The summed E-state index contributed by atoms with van der Waals surface area (Å²) in [6, 6.07) is 2.65. The first-order valence-electron chi connectivity index (χ1n) is 5.34. The zero-order valence-corrected chi connectivity index (χ0v) is 8.32. The molecule has 1 fully saturated rings. The van der Waals surface area contributed by atoms with Crippen LogP contribution in [-0.4, -0.2) is 9.78 Å². The van der Waals surface area contributed by atoms with Crippen LogP contribution in [0.2, 0.25) is 0 Å². The molecule has 1 aromatic heterocycles.